The summed E-state index contributed by atoms with van der Waals surface area (Å²) in [6.45, 7) is 16.0. The summed E-state index contributed by atoms with van der Waals surface area (Å²) in [6, 6.07) is 30.2. The number of nitrogen functional groups attached to an aromatic ring is 1. The van der Waals surface area contributed by atoms with Gasteiger partial charge < -0.3 is 15.2 Å². The van der Waals surface area contributed by atoms with Gasteiger partial charge in [-0.15, -0.1) is 35.9 Å². The zero-order chi connectivity index (χ0) is 41.0. The van der Waals surface area contributed by atoms with Crippen LogP contribution in [0.5, 0.6) is 11.5 Å². The molecule has 0 saturated heterocycles. The van der Waals surface area contributed by atoms with E-state index in [-0.39, 0.29) is 26.0 Å². The van der Waals surface area contributed by atoms with Crippen LogP contribution in [0.4, 0.5) is 5.69 Å². The van der Waals surface area contributed by atoms with Crippen molar-refractivity contribution < 1.29 is 42.9 Å². The molecule has 2 saturated carbocycles. The van der Waals surface area contributed by atoms with Crippen LogP contribution >= 0.6 is 7.92 Å². The van der Waals surface area contributed by atoms with E-state index in [9.17, 15) is 8.42 Å². The van der Waals surface area contributed by atoms with Crippen molar-refractivity contribution in [3.8, 4) is 33.8 Å². The quantitative estimate of drug-likeness (QED) is 0.0571. The van der Waals surface area contributed by atoms with Gasteiger partial charge in [-0.3, -0.25) is 4.55 Å². The topological polar surface area (TPSA) is 98.8 Å². The minimum atomic E-state index is -3.67. The van der Waals surface area contributed by atoms with E-state index in [0.717, 1.165) is 39.6 Å². The maximum atomic E-state index is 9.19. The van der Waals surface area contributed by atoms with E-state index in [1.807, 2.05) is 55.6 Å². The molecule has 0 unspecified atom stereocenters. The predicted octanol–water partition coefficient (Wildman–Crippen LogP) is 12.8. The molecular formula is C48H67NO5PPdS-. The second-order valence-electron chi connectivity index (χ2n) is 16.9. The fraction of sp³-hybridized carbons (Fsp3) is 0.500. The first-order valence-electron chi connectivity index (χ1n) is 20.6. The van der Waals surface area contributed by atoms with Crippen molar-refractivity contribution in [2.45, 2.75) is 141 Å². The Labute approximate surface area is 360 Å². The van der Waals surface area contributed by atoms with Crippen LogP contribution in [0.15, 0.2) is 78.9 Å². The largest absolute Gasteiger partial charge is 0.496 e. The van der Waals surface area contributed by atoms with Gasteiger partial charge in [0.1, 0.15) is 17.1 Å². The normalized spacial score (nSPS) is 15.2. The first-order chi connectivity index (χ1) is 26.5. The molecule has 3 N–H and O–H groups in total. The summed E-state index contributed by atoms with van der Waals surface area (Å²) >= 11 is 0. The second kappa shape index (κ2) is 22.6. The molecule has 0 atom stereocenters. The molecule has 316 valence electrons. The summed E-state index contributed by atoms with van der Waals surface area (Å²) in [6.07, 6.45) is 14.5. The molecule has 0 spiro atoms. The number of benzene rings is 4. The molecule has 0 radical (unpaired) electrons. The van der Waals surface area contributed by atoms with Gasteiger partial charge in [0.25, 0.3) is 10.1 Å². The Morgan fingerprint density at radius 3 is 1.67 bits per heavy atom. The Hall–Kier alpha value is -2.72. The summed E-state index contributed by atoms with van der Waals surface area (Å²) in [7, 11) is -2.20. The summed E-state index contributed by atoms with van der Waals surface area (Å²) in [5, 5.41) is 1.52. The zero-order valence-corrected chi connectivity index (χ0v) is 39.0. The Bertz CT molecular complexity index is 1880. The van der Waals surface area contributed by atoms with Gasteiger partial charge in [-0.25, -0.2) is 0 Å². The van der Waals surface area contributed by atoms with Crippen molar-refractivity contribution in [3.63, 3.8) is 0 Å². The average Bonchev–Trinajstić information content (AvgIpc) is 3.15. The molecule has 9 heteroatoms. The minimum Gasteiger partial charge on any atom is -0.496 e. The molecule has 6 nitrogen and oxygen atoms in total. The fourth-order valence-electron chi connectivity index (χ4n) is 8.16. The van der Waals surface area contributed by atoms with Gasteiger partial charge in [-0.2, -0.15) is 8.42 Å². The number of rotatable bonds is 9. The van der Waals surface area contributed by atoms with Crippen LogP contribution in [0, 0.1) is 6.07 Å². The van der Waals surface area contributed by atoms with Crippen LogP contribution in [0.1, 0.15) is 136 Å². The van der Waals surface area contributed by atoms with E-state index in [0.29, 0.717) is 18.1 Å². The zero-order valence-electron chi connectivity index (χ0n) is 35.7. The van der Waals surface area contributed by atoms with Crippen LogP contribution in [0.3, 0.4) is 0 Å². The van der Waals surface area contributed by atoms with Crippen molar-refractivity contribution in [2.24, 2.45) is 0 Å². The van der Waals surface area contributed by atoms with E-state index in [4.69, 9.17) is 19.8 Å². The molecule has 2 fully saturated rings. The van der Waals surface area contributed by atoms with Crippen LogP contribution < -0.4 is 20.5 Å². The number of hydrogen-bond acceptors (Lipinski definition) is 5. The van der Waals surface area contributed by atoms with Gasteiger partial charge in [-0.05, 0) is 110 Å². The van der Waals surface area contributed by atoms with E-state index < -0.39 is 18.0 Å². The summed E-state index contributed by atoms with van der Waals surface area (Å²) in [4.78, 5) is 0. The third-order valence-electron chi connectivity index (χ3n) is 10.5. The fourth-order valence-corrected chi connectivity index (χ4v) is 12.2. The summed E-state index contributed by atoms with van der Waals surface area (Å²) in [5.74, 6) is 3.01. The van der Waals surface area contributed by atoms with E-state index in [1.54, 1.807) is 0 Å². The molecule has 2 aliphatic carbocycles. The van der Waals surface area contributed by atoms with Crippen LogP contribution in [-0.4, -0.2) is 43.3 Å². The SMILES string of the molecule is COc1ccc(OC(C)(C)C)c(P(C2CCCCC2)C2CCCCC2)c1-c1c(C(C)C)cccc1C(C)C.CS(=O)(=O)O.Nc1ccccc1-c1[c-]cccc1.[Pd]. The van der Waals surface area contributed by atoms with Gasteiger partial charge in [0.05, 0.1) is 13.4 Å². The van der Waals surface area contributed by atoms with E-state index in [1.165, 1.54) is 91.8 Å². The third-order valence-corrected chi connectivity index (χ3v) is 14.1. The number of ether oxygens (including phenoxy) is 2. The van der Waals surface area contributed by atoms with Gasteiger partial charge in [-0.1, -0.05) is 116 Å². The van der Waals surface area contributed by atoms with Crippen LogP contribution in [0.2, 0.25) is 0 Å². The number of anilines is 1. The van der Waals surface area contributed by atoms with Crippen molar-refractivity contribution in [1.29, 1.82) is 0 Å². The van der Waals surface area contributed by atoms with Crippen molar-refractivity contribution >= 4 is 29.0 Å². The molecule has 0 aromatic heterocycles. The average molecular weight is 908 g/mol. The second-order valence-corrected chi connectivity index (χ2v) is 21.1. The minimum absolute atomic E-state index is 0. The number of para-hydroxylation sites is 1. The van der Waals surface area contributed by atoms with Gasteiger partial charge in [0, 0.05) is 31.3 Å². The standard InChI is InChI=1S/C35H53O2P.C12H10N.CH4O3S.Pd/c1-24(2)28-20-15-21-29(25(3)4)32(28)33-30(36-8)22-23-31(37-35(5,6)7)34(33)38(26-16-11-9-12-17-26)27-18-13-10-14-19-27;13-12-9-5-4-8-11(12)10-6-2-1-3-7-10;1-5(2,3)4;/h15,20-27H,9-14,16-19H2,1-8H3;1-6,8-9H,13H2;1H3,(H,2,3,4);/q;-1;;. The Balaban J connectivity index is 0.000000377. The summed E-state index contributed by atoms with van der Waals surface area (Å²) in [5.41, 5.74) is 15.7. The molecular weight excluding hydrogens is 840 g/mol. The predicted molar refractivity (Wildman–Crippen MR) is 240 cm³/mol. The van der Waals surface area contributed by atoms with Crippen molar-refractivity contribution in [2.75, 3.05) is 19.1 Å². The smallest absolute Gasteiger partial charge is 0.261 e. The van der Waals surface area contributed by atoms with Gasteiger partial charge in [0.15, 0.2) is 0 Å². The molecule has 6 rings (SSSR count). The monoisotopic (exact) mass is 906 g/mol. The molecule has 57 heavy (non-hydrogen) atoms. The van der Waals surface area contributed by atoms with E-state index >= 15 is 0 Å². The molecule has 2 aliphatic rings. The molecule has 4 aromatic rings. The van der Waals surface area contributed by atoms with Crippen LogP contribution in [0.25, 0.3) is 22.3 Å². The first-order valence-corrected chi connectivity index (χ1v) is 23.9. The summed E-state index contributed by atoms with van der Waals surface area (Å²) < 4.78 is 39.1. The molecule has 0 amide bonds. The van der Waals surface area contributed by atoms with Crippen molar-refractivity contribution in [1.82, 2.24) is 0 Å². The Morgan fingerprint density at radius 2 is 1.23 bits per heavy atom. The van der Waals surface area contributed by atoms with Crippen LogP contribution in [-0.2, 0) is 30.5 Å². The van der Waals surface area contributed by atoms with Gasteiger partial charge >= 0.3 is 0 Å². The number of nitrogens with two attached hydrogens (primary N) is 1. The van der Waals surface area contributed by atoms with Crippen molar-refractivity contribution in [3.05, 3.63) is 96.1 Å². The number of methoxy groups -OCH3 is 1. The molecule has 4 aromatic carbocycles. The molecule has 0 bridgehead atoms. The van der Waals surface area contributed by atoms with Gasteiger partial charge in [0.2, 0.25) is 0 Å². The maximum Gasteiger partial charge on any atom is 0.261 e. The first kappa shape index (κ1) is 48.6. The number of hydrogen-bond donors (Lipinski definition) is 2. The molecule has 0 heterocycles. The molecule has 0 aliphatic heterocycles. The third kappa shape index (κ3) is 14.5. The Kier molecular flexibility index (Phi) is 19.3. The Morgan fingerprint density at radius 1 is 0.737 bits per heavy atom. The maximum absolute atomic E-state index is 9.19. The van der Waals surface area contributed by atoms with E-state index in [2.05, 4.69) is 84.9 Å².